The number of carbonyl (C=O) groups is 1. The molecule has 0 bridgehead atoms. The van der Waals surface area contributed by atoms with Crippen LogP contribution >= 0.6 is 0 Å². The molecule has 1 amide bonds. The lowest BCUT2D eigenvalue weighted by Crippen LogP contribution is -2.35. The van der Waals surface area contributed by atoms with Gasteiger partial charge in [-0.3, -0.25) is 4.79 Å². The highest BCUT2D eigenvalue weighted by molar-refractivity contribution is 5.73. The Morgan fingerprint density at radius 3 is 2.56 bits per heavy atom. The van der Waals surface area contributed by atoms with Crippen LogP contribution in [0, 0.1) is 23.7 Å². The lowest BCUT2D eigenvalue weighted by molar-refractivity contribution is -0.118. The molecule has 1 aliphatic rings. The molecule has 16 heavy (non-hydrogen) atoms. The van der Waals surface area contributed by atoms with Gasteiger partial charge in [-0.15, -0.1) is 5.92 Å². The third-order valence-electron chi connectivity index (χ3n) is 2.84. The summed E-state index contributed by atoms with van der Waals surface area (Å²) in [6, 6.07) is 0. The van der Waals surface area contributed by atoms with Gasteiger partial charge in [-0.1, -0.05) is 19.8 Å². The van der Waals surface area contributed by atoms with Crippen LogP contribution in [0.15, 0.2) is 0 Å². The molecule has 2 N–H and O–H groups in total. The molecule has 1 rings (SSSR count). The third-order valence-corrected chi connectivity index (χ3v) is 2.84. The first kappa shape index (κ1) is 13.1. The summed E-state index contributed by atoms with van der Waals surface area (Å²) in [5.74, 6) is 7.38. The van der Waals surface area contributed by atoms with Crippen molar-refractivity contribution in [2.24, 2.45) is 17.6 Å². The summed E-state index contributed by atoms with van der Waals surface area (Å²) in [5, 5.41) is 0. The van der Waals surface area contributed by atoms with Crippen LogP contribution in [0.5, 0.6) is 0 Å². The molecule has 3 heteroatoms. The van der Waals surface area contributed by atoms with E-state index in [2.05, 4.69) is 30.6 Å². The lowest BCUT2D eigenvalue weighted by atomic mass is 9.96. The van der Waals surface area contributed by atoms with E-state index in [1.165, 1.54) is 0 Å². The number of primary amides is 1. The summed E-state index contributed by atoms with van der Waals surface area (Å²) in [6.07, 6.45) is 2.72. The number of likely N-dealkylation sites (tertiary alicyclic amines) is 1. The van der Waals surface area contributed by atoms with Gasteiger partial charge in [0, 0.05) is 24.8 Å². The minimum Gasteiger partial charge on any atom is -0.370 e. The summed E-state index contributed by atoms with van der Waals surface area (Å²) < 4.78 is 0. The monoisotopic (exact) mass is 222 g/mol. The zero-order valence-electron chi connectivity index (χ0n) is 10.3. The Morgan fingerprint density at radius 1 is 1.44 bits per heavy atom. The van der Waals surface area contributed by atoms with Gasteiger partial charge in [0.15, 0.2) is 0 Å². The Kier molecular flexibility index (Phi) is 5.34. The molecule has 0 aromatic carbocycles. The Morgan fingerprint density at radius 2 is 2.06 bits per heavy atom. The molecule has 0 aliphatic carbocycles. The van der Waals surface area contributed by atoms with Crippen LogP contribution in [-0.2, 0) is 4.79 Å². The van der Waals surface area contributed by atoms with Crippen LogP contribution in [0.2, 0.25) is 0 Å². The molecule has 1 fully saturated rings. The minimum atomic E-state index is -0.207. The fraction of sp³-hybridized carbons (Fsp3) is 0.769. The van der Waals surface area contributed by atoms with Crippen molar-refractivity contribution in [1.29, 1.82) is 0 Å². The maximum Gasteiger partial charge on any atom is 0.218 e. The maximum absolute atomic E-state index is 10.7. The molecule has 3 nitrogen and oxygen atoms in total. The number of piperidine rings is 1. The first-order chi connectivity index (χ1) is 7.58. The van der Waals surface area contributed by atoms with E-state index in [0.717, 1.165) is 32.5 Å². The zero-order valence-corrected chi connectivity index (χ0v) is 10.3. The Bertz CT molecular complexity index is 280. The van der Waals surface area contributed by atoms with Gasteiger partial charge in [0.05, 0.1) is 0 Å². The molecule has 90 valence electrons. The van der Waals surface area contributed by atoms with Crippen molar-refractivity contribution in [2.45, 2.75) is 33.1 Å². The van der Waals surface area contributed by atoms with Crippen molar-refractivity contribution in [1.82, 2.24) is 4.90 Å². The third kappa shape index (κ3) is 5.18. The second-order valence-corrected chi connectivity index (χ2v) is 4.78. The molecular formula is C13H22N2O. The zero-order chi connectivity index (χ0) is 12.0. The van der Waals surface area contributed by atoms with Crippen molar-refractivity contribution >= 4 is 5.91 Å². The largest absolute Gasteiger partial charge is 0.370 e. The van der Waals surface area contributed by atoms with Crippen LogP contribution in [0.4, 0.5) is 0 Å². The average molecular weight is 222 g/mol. The highest BCUT2D eigenvalue weighted by Gasteiger charge is 2.17. The number of rotatable bonds is 3. The number of carbonyl (C=O) groups excluding carboxylic acids is 1. The van der Waals surface area contributed by atoms with Gasteiger partial charge >= 0.3 is 0 Å². The summed E-state index contributed by atoms with van der Waals surface area (Å²) in [7, 11) is 0. The summed E-state index contributed by atoms with van der Waals surface area (Å²) in [5.41, 5.74) is 5.13. The molecular weight excluding hydrogens is 200 g/mol. The fourth-order valence-electron chi connectivity index (χ4n) is 1.85. The highest BCUT2D eigenvalue weighted by atomic mass is 16.1. The van der Waals surface area contributed by atoms with Crippen molar-refractivity contribution in [3.8, 4) is 11.8 Å². The quantitative estimate of drug-likeness (QED) is 0.730. The lowest BCUT2D eigenvalue weighted by Gasteiger charge is -2.29. The van der Waals surface area contributed by atoms with Gasteiger partial charge in [-0.25, -0.2) is 0 Å². The second-order valence-electron chi connectivity index (χ2n) is 4.78. The minimum absolute atomic E-state index is 0.207. The van der Waals surface area contributed by atoms with Crippen LogP contribution in [-0.4, -0.2) is 30.4 Å². The number of hydrogen-bond acceptors (Lipinski definition) is 2. The molecule has 1 aliphatic heterocycles. The Hall–Kier alpha value is -1.01. The van der Waals surface area contributed by atoms with Gasteiger partial charge in [-0.2, -0.15) is 0 Å². The van der Waals surface area contributed by atoms with Crippen molar-refractivity contribution in [2.75, 3.05) is 19.6 Å². The second kappa shape index (κ2) is 6.55. The molecule has 1 saturated heterocycles. The molecule has 0 spiro atoms. The number of amides is 1. The van der Waals surface area contributed by atoms with E-state index in [4.69, 9.17) is 5.73 Å². The summed E-state index contributed by atoms with van der Waals surface area (Å²) in [6.45, 7) is 7.14. The van der Waals surface area contributed by atoms with Crippen molar-refractivity contribution in [3.05, 3.63) is 0 Å². The number of nitrogens with two attached hydrogens (primary N) is 1. The molecule has 0 atom stereocenters. The van der Waals surface area contributed by atoms with E-state index >= 15 is 0 Å². The SMILES string of the molecule is CC(C)C#CC1CCN(CCC(N)=O)CC1. The van der Waals surface area contributed by atoms with Crippen LogP contribution in [0.1, 0.15) is 33.1 Å². The van der Waals surface area contributed by atoms with Gasteiger partial charge < -0.3 is 10.6 Å². The first-order valence-corrected chi connectivity index (χ1v) is 6.09. The first-order valence-electron chi connectivity index (χ1n) is 6.09. The summed E-state index contributed by atoms with van der Waals surface area (Å²) >= 11 is 0. The molecule has 0 aromatic heterocycles. The smallest absolute Gasteiger partial charge is 0.218 e. The number of nitrogens with zero attached hydrogens (tertiary/aromatic N) is 1. The van der Waals surface area contributed by atoms with Crippen molar-refractivity contribution < 1.29 is 4.79 Å². The molecule has 0 unspecified atom stereocenters. The van der Waals surface area contributed by atoms with E-state index in [1.54, 1.807) is 0 Å². The van der Waals surface area contributed by atoms with Gasteiger partial charge in [-0.05, 0) is 25.9 Å². The van der Waals surface area contributed by atoms with E-state index in [9.17, 15) is 4.79 Å². The van der Waals surface area contributed by atoms with E-state index in [1.807, 2.05) is 0 Å². The van der Waals surface area contributed by atoms with Gasteiger partial charge in [0.25, 0.3) is 0 Å². The van der Waals surface area contributed by atoms with Crippen LogP contribution in [0.3, 0.4) is 0 Å². The average Bonchev–Trinajstić information content (AvgIpc) is 2.25. The topological polar surface area (TPSA) is 46.3 Å². The highest BCUT2D eigenvalue weighted by Crippen LogP contribution is 2.16. The normalized spacial score (nSPS) is 18.2. The van der Waals surface area contributed by atoms with E-state index in [0.29, 0.717) is 18.3 Å². The standard InChI is InChI=1S/C13H22N2O/c1-11(2)3-4-12-5-8-15(9-6-12)10-7-13(14)16/h11-12H,5-10H2,1-2H3,(H2,14,16). The molecule has 0 radical (unpaired) electrons. The number of hydrogen-bond donors (Lipinski definition) is 1. The Balaban J connectivity index is 2.24. The van der Waals surface area contributed by atoms with Crippen LogP contribution in [0.25, 0.3) is 0 Å². The molecule has 0 saturated carbocycles. The summed E-state index contributed by atoms with van der Waals surface area (Å²) in [4.78, 5) is 13.0. The van der Waals surface area contributed by atoms with Gasteiger partial charge in [0.2, 0.25) is 5.91 Å². The van der Waals surface area contributed by atoms with Crippen LogP contribution < -0.4 is 5.73 Å². The van der Waals surface area contributed by atoms with E-state index < -0.39 is 0 Å². The Labute approximate surface area is 98.4 Å². The van der Waals surface area contributed by atoms with Gasteiger partial charge in [0.1, 0.15) is 0 Å². The molecule has 0 aromatic rings. The van der Waals surface area contributed by atoms with Crippen molar-refractivity contribution in [3.63, 3.8) is 0 Å². The molecule has 1 heterocycles. The maximum atomic E-state index is 10.7. The predicted octanol–water partition coefficient (Wildman–Crippen LogP) is 1.23. The predicted molar refractivity (Wildman–Crippen MR) is 65.6 cm³/mol. The fourth-order valence-corrected chi connectivity index (χ4v) is 1.85. The van der Waals surface area contributed by atoms with E-state index in [-0.39, 0.29) is 5.91 Å².